The standard InChI is InChI=1S/C24H25FN8O3S/c1-2-12-37(34,35)32-18-5-3-4-16(20(18)25)17-6-7-19-21(29-17)23(33-8-10-36-11-9-33)31-22(30-19)15-13-27-24(26)28-14-15/h3-7,13-14,32H,2,8-12H2,1H3,(H2,26,27,28). The minimum Gasteiger partial charge on any atom is -0.378 e. The van der Waals surface area contributed by atoms with Crippen LogP contribution in [0.5, 0.6) is 0 Å². The van der Waals surface area contributed by atoms with E-state index in [0.29, 0.717) is 66.7 Å². The summed E-state index contributed by atoms with van der Waals surface area (Å²) in [5, 5.41) is 0. The molecule has 0 unspecified atom stereocenters. The van der Waals surface area contributed by atoms with Crippen LogP contribution < -0.4 is 15.4 Å². The van der Waals surface area contributed by atoms with E-state index in [0.717, 1.165) is 0 Å². The summed E-state index contributed by atoms with van der Waals surface area (Å²) in [6, 6.07) is 7.90. The van der Waals surface area contributed by atoms with E-state index in [2.05, 4.69) is 19.7 Å². The number of aromatic nitrogens is 5. The van der Waals surface area contributed by atoms with Crippen molar-refractivity contribution in [1.82, 2.24) is 24.9 Å². The third-order valence-electron chi connectivity index (χ3n) is 5.78. The van der Waals surface area contributed by atoms with Gasteiger partial charge in [0.25, 0.3) is 0 Å². The maximum atomic E-state index is 15.5. The van der Waals surface area contributed by atoms with Gasteiger partial charge in [-0.1, -0.05) is 13.0 Å². The Kier molecular flexibility index (Phi) is 6.80. The number of sulfonamides is 1. The first-order valence-corrected chi connectivity index (χ1v) is 13.4. The molecule has 37 heavy (non-hydrogen) atoms. The van der Waals surface area contributed by atoms with Gasteiger partial charge in [0, 0.05) is 31.0 Å². The Bertz CT molecular complexity index is 1540. The van der Waals surface area contributed by atoms with Crippen LogP contribution in [0.1, 0.15) is 13.3 Å². The van der Waals surface area contributed by atoms with E-state index in [4.69, 9.17) is 20.4 Å². The number of hydrogen-bond donors (Lipinski definition) is 2. The number of morpholine rings is 1. The average Bonchev–Trinajstić information content (AvgIpc) is 2.90. The van der Waals surface area contributed by atoms with Gasteiger partial charge in [-0.25, -0.2) is 37.7 Å². The molecule has 0 aliphatic carbocycles. The van der Waals surface area contributed by atoms with E-state index < -0.39 is 15.8 Å². The van der Waals surface area contributed by atoms with Gasteiger partial charge < -0.3 is 15.4 Å². The van der Waals surface area contributed by atoms with Crippen LogP contribution in [0.4, 0.5) is 21.8 Å². The van der Waals surface area contributed by atoms with E-state index in [1.807, 2.05) is 4.90 Å². The summed E-state index contributed by atoms with van der Waals surface area (Å²) >= 11 is 0. The lowest BCUT2D eigenvalue weighted by atomic mass is 10.1. The van der Waals surface area contributed by atoms with Crippen LogP contribution in [-0.2, 0) is 14.8 Å². The first kappa shape index (κ1) is 24.7. The highest BCUT2D eigenvalue weighted by Gasteiger charge is 2.21. The van der Waals surface area contributed by atoms with Gasteiger partial charge in [-0.3, -0.25) is 4.72 Å². The second kappa shape index (κ2) is 10.2. The van der Waals surface area contributed by atoms with Gasteiger partial charge >= 0.3 is 0 Å². The smallest absolute Gasteiger partial charge is 0.232 e. The minimum absolute atomic E-state index is 0.105. The lowest BCUT2D eigenvalue weighted by Crippen LogP contribution is -2.37. The zero-order valence-electron chi connectivity index (χ0n) is 20.1. The molecule has 4 heterocycles. The highest BCUT2D eigenvalue weighted by molar-refractivity contribution is 7.92. The number of nitrogens with two attached hydrogens (primary N) is 1. The molecule has 0 saturated carbocycles. The second-order valence-corrected chi connectivity index (χ2v) is 10.3. The molecule has 3 N–H and O–H groups in total. The van der Waals surface area contributed by atoms with E-state index in [1.165, 1.54) is 6.07 Å². The number of ether oxygens (including phenoxy) is 1. The third-order valence-corrected chi connectivity index (χ3v) is 7.25. The molecule has 1 saturated heterocycles. The van der Waals surface area contributed by atoms with Crippen LogP contribution in [0.15, 0.2) is 42.7 Å². The lowest BCUT2D eigenvalue weighted by Gasteiger charge is -2.28. The molecule has 3 aromatic heterocycles. The molecule has 4 aromatic rings. The summed E-state index contributed by atoms with van der Waals surface area (Å²) in [5.41, 5.74) is 7.59. The zero-order valence-corrected chi connectivity index (χ0v) is 20.9. The van der Waals surface area contributed by atoms with Crippen molar-refractivity contribution < 1.29 is 17.5 Å². The molecule has 1 aliphatic heterocycles. The summed E-state index contributed by atoms with van der Waals surface area (Å²) in [4.78, 5) is 24.2. The van der Waals surface area contributed by atoms with E-state index >= 15 is 4.39 Å². The fraction of sp³-hybridized carbons (Fsp3) is 0.292. The number of rotatable bonds is 7. The summed E-state index contributed by atoms with van der Waals surface area (Å²) < 4.78 is 47.7. The first-order chi connectivity index (χ1) is 17.8. The molecule has 5 rings (SSSR count). The molecule has 1 aliphatic rings. The van der Waals surface area contributed by atoms with Gasteiger partial charge in [0.1, 0.15) is 5.52 Å². The minimum atomic E-state index is -3.66. The van der Waals surface area contributed by atoms with Gasteiger partial charge in [0.2, 0.25) is 16.0 Å². The van der Waals surface area contributed by atoms with Gasteiger partial charge in [-0.05, 0) is 30.7 Å². The summed E-state index contributed by atoms with van der Waals surface area (Å²) in [6.45, 7) is 3.99. The van der Waals surface area contributed by atoms with Crippen LogP contribution in [0.25, 0.3) is 33.7 Å². The van der Waals surface area contributed by atoms with Crippen molar-refractivity contribution in [2.24, 2.45) is 0 Å². The second-order valence-electron chi connectivity index (χ2n) is 8.45. The van der Waals surface area contributed by atoms with Crippen molar-refractivity contribution in [3.8, 4) is 22.6 Å². The monoisotopic (exact) mass is 524 g/mol. The number of pyridine rings is 1. The molecule has 1 fully saturated rings. The van der Waals surface area contributed by atoms with Crippen LogP contribution in [0.3, 0.4) is 0 Å². The van der Waals surface area contributed by atoms with Crippen molar-refractivity contribution in [3.63, 3.8) is 0 Å². The highest BCUT2D eigenvalue weighted by Crippen LogP contribution is 2.32. The van der Waals surface area contributed by atoms with Crippen molar-refractivity contribution in [2.75, 3.05) is 47.4 Å². The van der Waals surface area contributed by atoms with Crippen LogP contribution in [0, 0.1) is 5.82 Å². The quantitative estimate of drug-likeness (QED) is 0.369. The van der Waals surface area contributed by atoms with Crippen molar-refractivity contribution in [1.29, 1.82) is 0 Å². The SMILES string of the molecule is CCCS(=O)(=O)Nc1cccc(-c2ccc3nc(-c4cnc(N)nc4)nc(N4CCOCC4)c3n2)c1F. The zero-order chi connectivity index (χ0) is 26.0. The van der Waals surface area contributed by atoms with Crippen LogP contribution in [0.2, 0.25) is 0 Å². The molecule has 0 bridgehead atoms. The van der Waals surface area contributed by atoms with Gasteiger partial charge in [0.05, 0.1) is 41.4 Å². The van der Waals surface area contributed by atoms with E-state index in [-0.39, 0.29) is 23.0 Å². The van der Waals surface area contributed by atoms with Gasteiger partial charge in [-0.2, -0.15) is 0 Å². The average molecular weight is 525 g/mol. The predicted octanol–water partition coefficient (Wildman–Crippen LogP) is 2.86. The predicted molar refractivity (Wildman–Crippen MR) is 139 cm³/mol. The summed E-state index contributed by atoms with van der Waals surface area (Å²) in [6.07, 6.45) is 3.52. The number of halogens is 1. The molecule has 192 valence electrons. The lowest BCUT2D eigenvalue weighted by molar-refractivity contribution is 0.122. The number of anilines is 3. The molecule has 1 aromatic carbocycles. The molecular formula is C24H25FN8O3S. The maximum absolute atomic E-state index is 15.5. The molecule has 0 atom stereocenters. The number of nitrogens with one attached hydrogen (secondary N) is 1. The Hall–Kier alpha value is -3.97. The Morgan fingerprint density at radius 2 is 1.84 bits per heavy atom. The number of fused-ring (bicyclic) bond motifs is 1. The Labute approximate surface area is 213 Å². The summed E-state index contributed by atoms with van der Waals surface area (Å²) in [5.74, 6) is 0.306. The number of nitrogens with zero attached hydrogens (tertiary/aromatic N) is 6. The van der Waals surface area contributed by atoms with E-state index in [1.54, 1.807) is 43.6 Å². The summed E-state index contributed by atoms with van der Waals surface area (Å²) in [7, 11) is -3.66. The molecule has 11 nitrogen and oxygen atoms in total. The third kappa shape index (κ3) is 5.27. The number of benzene rings is 1. The van der Waals surface area contributed by atoms with Crippen molar-refractivity contribution in [2.45, 2.75) is 13.3 Å². The fourth-order valence-electron chi connectivity index (χ4n) is 4.02. The highest BCUT2D eigenvalue weighted by atomic mass is 32.2. The fourth-order valence-corrected chi connectivity index (χ4v) is 5.16. The largest absolute Gasteiger partial charge is 0.378 e. The van der Waals surface area contributed by atoms with E-state index in [9.17, 15) is 8.42 Å². The van der Waals surface area contributed by atoms with Crippen molar-refractivity contribution >= 4 is 38.5 Å². The number of hydrogen-bond acceptors (Lipinski definition) is 10. The molecular weight excluding hydrogens is 499 g/mol. The van der Waals surface area contributed by atoms with Gasteiger partial charge in [0.15, 0.2) is 17.5 Å². The Balaban J connectivity index is 1.62. The normalized spacial score (nSPS) is 14.2. The molecule has 13 heteroatoms. The molecule has 0 amide bonds. The molecule has 0 radical (unpaired) electrons. The van der Waals surface area contributed by atoms with Crippen LogP contribution >= 0.6 is 0 Å². The molecule has 0 spiro atoms. The topological polar surface area (TPSA) is 149 Å². The maximum Gasteiger partial charge on any atom is 0.232 e. The van der Waals surface area contributed by atoms with Gasteiger partial charge in [-0.15, -0.1) is 0 Å². The van der Waals surface area contributed by atoms with Crippen LogP contribution in [-0.4, -0.2) is 65.4 Å². The Morgan fingerprint density at radius 1 is 1.08 bits per heavy atom. The number of nitrogen functional groups attached to an aromatic ring is 1. The van der Waals surface area contributed by atoms with Crippen molar-refractivity contribution in [3.05, 3.63) is 48.5 Å². The first-order valence-electron chi connectivity index (χ1n) is 11.7. The Morgan fingerprint density at radius 3 is 2.57 bits per heavy atom.